The molecular formula is C22H25ClN4O4S. The molecule has 0 radical (unpaired) electrons. The van der Waals surface area contributed by atoms with Gasteiger partial charge in [-0.05, 0) is 55.0 Å². The third kappa shape index (κ3) is 6.08. The number of nitrogens with one attached hydrogen (secondary N) is 1. The Balaban J connectivity index is 1.53. The van der Waals surface area contributed by atoms with Gasteiger partial charge in [0.1, 0.15) is 11.4 Å². The Labute approximate surface area is 197 Å². The molecule has 1 aliphatic heterocycles. The van der Waals surface area contributed by atoms with Gasteiger partial charge in [-0.25, -0.2) is 0 Å². The van der Waals surface area contributed by atoms with Gasteiger partial charge in [0.05, 0.1) is 11.5 Å². The normalized spacial score (nSPS) is 13.6. The van der Waals surface area contributed by atoms with Gasteiger partial charge in [0.2, 0.25) is 0 Å². The first-order valence-corrected chi connectivity index (χ1v) is 11.2. The summed E-state index contributed by atoms with van der Waals surface area (Å²) in [5.41, 5.74) is 0.991. The fraction of sp³-hybridized carbons (Fsp3) is 0.364. The summed E-state index contributed by atoms with van der Waals surface area (Å²) in [4.78, 5) is 27.3. The minimum Gasteiger partial charge on any atom is -0.494 e. The second-order valence-corrected chi connectivity index (χ2v) is 8.17. The molecule has 1 N–H and O–H groups in total. The van der Waals surface area contributed by atoms with Gasteiger partial charge in [0, 0.05) is 42.8 Å². The van der Waals surface area contributed by atoms with E-state index in [0.717, 1.165) is 18.6 Å². The standard InChI is InChI=1S/C22H25ClN4O4S/c1-2-3-14-31-18-7-4-16(5-8-18)21(28)24-22(32)26-12-10-25(11-13-26)19-9-6-17(23)15-20(19)27(29)30/h4-9,15H,2-3,10-14H2,1H3,(H,24,28,32). The third-order valence-electron chi connectivity index (χ3n) is 5.15. The van der Waals surface area contributed by atoms with Crippen molar-refractivity contribution in [1.29, 1.82) is 0 Å². The lowest BCUT2D eigenvalue weighted by atomic mass is 10.2. The first kappa shape index (κ1) is 23.7. The molecule has 0 atom stereocenters. The zero-order valence-corrected chi connectivity index (χ0v) is 19.3. The minimum absolute atomic E-state index is 0.0241. The Morgan fingerprint density at radius 1 is 1.19 bits per heavy atom. The van der Waals surface area contributed by atoms with Gasteiger partial charge in [-0.1, -0.05) is 24.9 Å². The van der Waals surface area contributed by atoms with Crippen molar-refractivity contribution in [3.8, 4) is 5.75 Å². The maximum absolute atomic E-state index is 12.5. The fourth-order valence-corrected chi connectivity index (χ4v) is 3.79. The molecule has 8 nitrogen and oxygen atoms in total. The van der Waals surface area contributed by atoms with Crippen LogP contribution in [0.15, 0.2) is 42.5 Å². The van der Waals surface area contributed by atoms with E-state index in [1.54, 1.807) is 36.4 Å². The van der Waals surface area contributed by atoms with Crippen LogP contribution in [0, 0.1) is 10.1 Å². The molecule has 0 unspecified atom stereocenters. The minimum atomic E-state index is -0.432. The van der Waals surface area contributed by atoms with Crippen molar-refractivity contribution in [1.82, 2.24) is 10.2 Å². The van der Waals surface area contributed by atoms with E-state index in [1.807, 2.05) is 9.80 Å². The van der Waals surface area contributed by atoms with E-state index in [2.05, 4.69) is 12.2 Å². The number of piperazine rings is 1. The Hall–Kier alpha value is -2.91. The van der Waals surface area contributed by atoms with E-state index in [4.69, 9.17) is 28.6 Å². The summed E-state index contributed by atoms with van der Waals surface area (Å²) < 4.78 is 5.61. The Morgan fingerprint density at radius 2 is 1.88 bits per heavy atom. The van der Waals surface area contributed by atoms with E-state index in [1.165, 1.54) is 6.07 Å². The summed E-state index contributed by atoms with van der Waals surface area (Å²) in [5, 5.41) is 14.8. The van der Waals surface area contributed by atoms with Gasteiger partial charge in [0.25, 0.3) is 11.6 Å². The van der Waals surface area contributed by atoms with Gasteiger partial charge < -0.3 is 14.5 Å². The number of halogens is 1. The van der Waals surface area contributed by atoms with Gasteiger partial charge in [-0.15, -0.1) is 0 Å². The maximum Gasteiger partial charge on any atom is 0.294 e. The SMILES string of the molecule is CCCCOc1ccc(C(=O)NC(=S)N2CCN(c3ccc(Cl)cc3[N+](=O)[O-])CC2)cc1. The van der Waals surface area contributed by atoms with Gasteiger partial charge in [-0.3, -0.25) is 20.2 Å². The number of nitro benzene ring substituents is 1. The number of rotatable bonds is 7. The highest BCUT2D eigenvalue weighted by Gasteiger charge is 2.25. The van der Waals surface area contributed by atoms with Crippen LogP contribution in [-0.4, -0.2) is 53.6 Å². The molecule has 0 aliphatic carbocycles. The van der Waals surface area contributed by atoms with E-state index >= 15 is 0 Å². The zero-order valence-electron chi connectivity index (χ0n) is 17.8. The van der Waals surface area contributed by atoms with Crippen molar-refractivity contribution < 1.29 is 14.5 Å². The van der Waals surface area contributed by atoms with Crippen LogP contribution in [0.2, 0.25) is 5.02 Å². The van der Waals surface area contributed by atoms with Crippen molar-refractivity contribution in [2.45, 2.75) is 19.8 Å². The van der Waals surface area contributed by atoms with Crippen molar-refractivity contribution in [2.24, 2.45) is 0 Å². The molecule has 1 fully saturated rings. The van der Waals surface area contributed by atoms with Gasteiger partial charge >= 0.3 is 0 Å². The fourth-order valence-electron chi connectivity index (χ4n) is 3.35. The van der Waals surface area contributed by atoms with Crippen LogP contribution < -0.4 is 15.0 Å². The molecule has 1 amide bonds. The number of carbonyl (C=O) groups is 1. The van der Waals surface area contributed by atoms with E-state index in [0.29, 0.717) is 54.2 Å². The van der Waals surface area contributed by atoms with E-state index in [9.17, 15) is 14.9 Å². The summed E-state index contributed by atoms with van der Waals surface area (Å²) in [6.45, 7) is 4.87. The molecular weight excluding hydrogens is 452 g/mol. The molecule has 1 heterocycles. The van der Waals surface area contributed by atoms with E-state index in [-0.39, 0.29) is 11.6 Å². The largest absolute Gasteiger partial charge is 0.494 e. The second kappa shape index (κ2) is 11.1. The van der Waals surface area contributed by atoms with Gasteiger partial charge in [0.15, 0.2) is 5.11 Å². The second-order valence-electron chi connectivity index (χ2n) is 7.35. The molecule has 170 valence electrons. The Bertz CT molecular complexity index is 978. The number of nitrogens with zero attached hydrogens (tertiary/aromatic N) is 3. The number of unbranched alkanes of at least 4 members (excludes halogenated alkanes) is 1. The number of ether oxygens (including phenoxy) is 1. The molecule has 10 heteroatoms. The number of benzene rings is 2. The quantitative estimate of drug-likeness (QED) is 0.276. The maximum atomic E-state index is 12.5. The Kier molecular flexibility index (Phi) is 8.24. The van der Waals surface area contributed by atoms with E-state index < -0.39 is 4.92 Å². The number of hydrogen-bond acceptors (Lipinski definition) is 6. The lowest BCUT2D eigenvalue weighted by Crippen LogP contribution is -2.52. The van der Waals surface area contributed by atoms with Crippen LogP contribution in [0.3, 0.4) is 0 Å². The molecule has 2 aromatic rings. The van der Waals surface area contributed by atoms with Crippen LogP contribution in [0.1, 0.15) is 30.1 Å². The topological polar surface area (TPSA) is 88.0 Å². The van der Waals surface area contributed by atoms with Crippen LogP contribution in [0.4, 0.5) is 11.4 Å². The molecule has 0 aromatic heterocycles. The first-order valence-electron chi connectivity index (χ1n) is 10.4. The highest BCUT2D eigenvalue weighted by Crippen LogP contribution is 2.31. The highest BCUT2D eigenvalue weighted by molar-refractivity contribution is 7.80. The number of amides is 1. The van der Waals surface area contributed by atoms with Crippen molar-refractivity contribution in [3.63, 3.8) is 0 Å². The summed E-state index contributed by atoms with van der Waals surface area (Å²) in [5.74, 6) is 0.441. The van der Waals surface area contributed by atoms with Crippen LogP contribution in [0.25, 0.3) is 0 Å². The van der Waals surface area contributed by atoms with Crippen LogP contribution >= 0.6 is 23.8 Å². The van der Waals surface area contributed by atoms with Crippen LogP contribution in [-0.2, 0) is 0 Å². The lowest BCUT2D eigenvalue weighted by molar-refractivity contribution is -0.384. The third-order valence-corrected chi connectivity index (χ3v) is 5.74. The summed E-state index contributed by atoms with van der Waals surface area (Å²) in [7, 11) is 0. The van der Waals surface area contributed by atoms with Crippen molar-refractivity contribution >= 4 is 46.2 Å². The number of anilines is 1. The predicted octanol–water partition coefficient (Wildman–Crippen LogP) is 4.26. The van der Waals surface area contributed by atoms with Crippen molar-refractivity contribution in [2.75, 3.05) is 37.7 Å². The first-order chi connectivity index (χ1) is 15.4. The molecule has 0 bridgehead atoms. The smallest absolute Gasteiger partial charge is 0.294 e. The zero-order chi connectivity index (χ0) is 23.1. The monoisotopic (exact) mass is 476 g/mol. The number of carbonyl (C=O) groups excluding carboxylic acids is 1. The molecule has 0 spiro atoms. The van der Waals surface area contributed by atoms with Gasteiger partial charge in [-0.2, -0.15) is 0 Å². The lowest BCUT2D eigenvalue weighted by Gasteiger charge is -2.37. The predicted molar refractivity (Wildman–Crippen MR) is 129 cm³/mol. The Morgan fingerprint density at radius 3 is 2.50 bits per heavy atom. The van der Waals surface area contributed by atoms with Crippen molar-refractivity contribution in [3.05, 3.63) is 63.2 Å². The average Bonchev–Trinajstić information content (AvgIpc) is 2.79. The average molecular weight is 477 g/mol. The molecule has 32 heavy (non-hydrogen) atoms. The molecule has 1 aliphatic rings. The summed E-state index contributed by atoms with van der Waals surface area (Å²) >= 11 is 11.3. The highest BCUT2D eigenvalue weighted by atomic mass is 35.5. The van der Waals surface area contributed by atoms with Crippen LogP contribution in [0.5, 0.6) is 5.75 Å². The number of hydrogen-bond donors (Lipinski definition) is 1. The summed E-state index contributed by atoms with van der Waals surface area (Å²) in [6, 6.07) is 11.6. The molecule has 2 aromatic carbocycles. The number of nitro groups is 1. The molecule has 0 saturated carbocycles. The molecule has 1 saturated heterocycles. The summed E-state index contributed by atoms with van der Waals surface area (Å²) in [6.07, 6.45) is 2.04. The molecule has 3 rings (SSSR count). The number of thiocarbonyl (C=S) groups is 1.